The zero-order valence-electron chi connectivity index (χ0n) is 16.0. The fourth-order valence-corrected chi connectivity index (χ4v) is 4.56. The fraction of sp³-hybridized carbons (Fsp3) is 0.360. The highest BCUT2D eigenvalue weighted by Crippen LogP contribution is 2.33. The van der Waals surface area contributed by atoms with Crippen LogP contribution in [0, 0.1) is 13.8 Å². The van der Waals surface area contributed by atoms with Crippen molar-refractivity contribution < 1.29 is 0 Å². The van der Waals surface area contributed by atoms with Crippen molar-refractivity contribution in [2.24, 2.45) is 0 Å². The maximum absolute atomic E-state index is 2.38. The first-order chi connectivity index (χ1) is 12.0. The van der Waals surface area contributed by atoms with E-state index in [4.69, 9.17) is 0 Å². The lowest BCUT2D eigenvalue weighted by atomic mass is 9.92. The molecule has 0 radical (unpaired) electrons. The van der Waals surface area contributed by atoms with E-state index in [-0.39, 0.29) is 0 Å². The maximum atomic E-state index is 2.38. The summed E-state index contributed by atoms with van der Waals surface area (Å²) in [6.45, 7) is 8.99. The number of hydrogen-bond acceptors (Lipinski definition) is 0. The second-order valence-corrected chi connectivity index (χ2v) is 8.06. The van der Waals surface area contributed by atoms with Gasteiger partial charge in [-0.25, -0.2) is 0 Å². The van der Waals surface area contributed by atoms with Gasteiger partial charge in [-0.05, 0) is 104 Å². The minimum Gasteiger partial charge on any atom is -0.0683 e. The van der Waals surface area contributed by atoms with Gasteiger partial charge in [-0.15, -0.1) is 0 Å². The second kappa shape index (κ2) is 6.33. The van der Waals surface area contributed by atoms with E-state index in [1.807, 2.05) is 0 Å². The second-order valence-electron chi connectivity index (χ2n) is 8.06. The Labute approximate surface area is 152 Å². The van der Waals surface area contributed by atoms with Gasteiger partial charge in [0.05, 0.1) is 0 Å². The summed E-state index contributed by atoms with van der Waals surface area (Å²) in [7, 11) is 0. The smallest absolute Gasteiger partial charge is 0.00578 e. The zero-order chi connectivity index (χ0) is 17.6. The minimum absolute atomic E-state index is 1.15. The summed E-state index contributed by atoms with van der Waals surface area (Å²) in [6, 6.07) is 9.35. The van der Waals surface area contributed by atoms with Gasteiger partial charge in [0, 0.05) is 0 Å². The van der Waals surface area contributed by atoms with Crippen molar-refractivity contribution in [3.8, 4) is 0 Å². The van der Waals surface area contributed by atoms with Crippen LogP contribution in [-0.4, -0.2) is 0 Å². The normalized spacial score (nSPS) is 15.0. The van der Waals surface area contributed by atoms with Crippen molar-refractivity contribution in [3.05, 3.63) is 79.9 Å². The molecule has 0 saturated carbocycles. The number of rotatable bonds is 4. The Morgan fingerprint density at radius 1 is 0.640 bits per heavy atom. The van der Waals surface area contributed by atoms with Gasteiger partial charge < -0.3 is 0 Å². The van der Waals surface area contributed by atoms with Crippen molar-refractivity contribution in [1.29, 1.82) is 0 Å². The van der Waals surface area contributed by atoms with Crippen molar-refractivity contribution in [2.75, 3.05) is 0 Å². The lowest BCUT2D eigenvalue weighted by molar-refractivity contribution is 0.805. The molecule has 0 heteroatoms. The quantitative estimate of drug-likeness (QED) is 0.609. The van der Waals surface area contributed by atoms with Crippen LogP contribution in [0.25, 0.3) is 12.2 Å². The number of benzene rings is 2. The van der Waals surface area contributed by atoms with E-state index in [1.165, 1.54) is 52.7 Å². The highest BCUT2D eigenvalue weighted by Gasteiger charge is 2.17. The summed E-state index contributed by atoms with van der Waals surface area (Å²) in [6.07, 6.45) is 10.7. The maximum Gasteiger partial charge on any atom is -0.00578 e. The highest BCUT2D eigenvalue weighted by molar-refractivity contribution is 5.69. The molecule has 0 heterocycles. The third kappa shape index (κ3) is 2.99. The van der Waals surface area contributed by atoms with Gasteiger partial charge in [-0.2, -0.15) is 0 Å². The van der Waals surface area contributed by atoms with E-state index < -0.39 is 0 Å². The number of allylic oxidation sites excluding steroid dienone is 2. The molecule has 25 heavy (non-hydrogen) atoms. The molecular weight excluding hydrogens is 300 g/mol. The van der Waals surface area contributed by atoms with Crippen LogP contribution in [0.15, 0.2) is 35.4 Å². The van der Waals surface area contributed by atoms with Crippen LogP contribution >= 0.6 is 0 Å². The Morgan fingerprint density at radius 3 is 1.52 bits per heavy atom. The molecule has 0 unspecified atom stereocenters. The molecule has 0 nitrogen and oxygen atoms in total. The Morgan fingerprint density at radius 2 is 1.08 bits per heavy atom. The number of hydrogen-bond donors (Lipinski definition) is 0. The SMILES string of the molecule is CC1=Cc2c(C)ccc(CCCc3ccc(C)c4c3CC(C)=C4)c2C1. The summed E-state index contributed by atoms with van der Waals surface area (Å²) in [5.74, 6) is 0. The fourth-order valence-electron chi connectivity index (χ4n) is 4.56. The van der Waals surface area contributed by atoms with Crippen LogP contribution in [0.1, 0.15) is 64.8 Å². The topological polar surface area (TPSA) is 0 Å². The number of aryl methyl sites for hydroxylation is 4. The molecule has 2 aliphatic rings. The average molecular weight is 328 g/mol. The summed E-state index contributed by atoms with van der Waals surface area (Å²) in [5.41, 5.74) is 15.1. The van der Waals surface area contributed by atoms with Crippen LogP contribution in [0.5, 0.6) is 0 Å². The Kier molecular flexibility index (Phi) is 4.15. The molecule has 128 valence electrons. The summed E-state index contributed by atoms with van der Waals surface area (Å²) in [4.78, 5) is 0. The van der Waals surface area contributed by atoms with E-state index in [0.29, 0.717) is 0 Å². The van der Waals surface area contributed by atoms with Gasteiger partial charge in [0.1, 0.15) is 0 Å². The van der Waals surface area contributed by atoms with Crippen LogP contribution in [0.3, 0.4) is 0 Å². The molecule has 0 fully saturated rings. The molecule has 0 bridgehead atoms. The Hall–Kier alpha value is -2.08. The van der Waals surface area contributed by atoms with Gasteiger partial charge in [0.15, 0.2) is 0 Å². The molecule has 2 aromatic rings. The van der Waals surface area contributed by atoms with Gasteiger partial charge >= 0.3 is 0 Å². The van der Waals surface area contributed by atoms with Crippen LogP contribution < -0.4 is 0 Å². The first kappa shape index (κ1) is 16.4. The van der Waals surface area contributed by atoms with Gasteiger partial charge in [-0.3, -0.25) is 0 Å². The van der Waals surface area contributed by atoms with Crippen LogP contribution in [0.2, 0.25) is 0 Å². The van der Waals surface area contributed by atoms with E-state index in [2.05, 4.69) is 64.1 Å². The molecule has 2 aliphatic carbocycles. The van der Waals surface area contributed by atoms with E-state index >= 15 is 0 Å². The van der Waals surface area contributed by atoms with Crippen LogP contribution in [0.4, 0.5) is 0 Å². The van der Waals surface area contributed by atoms with E-state index in [1.54, 1.807) is 22.3 Å². The van der Waals surface area contributed by atoms with Crippen molar-refractivity contribution in [3.63, 3.8) is 0 Å². The lowest BCUT2D eigenvalue weighted by Gasteiger charge is -2.13. The molecule has 0 N–H and O–H groups in total. The van der Waals surface area contributed by atoms with Gasteiger partial charge in [0.25, 0.3) is 0 Å². The molecule has 4 rings (SSSR count). The third-order valence-electron chi connectivity index (χ3n) is 5.93. The Bertz CT molecular complexity index is 831. The predicted octanol–water partition coefficient (Wildman–Crippen LogP) is 6.40. The highest BCUT2D eigenvalue weighted by atomic mass is 14.2. The minimum atomic E-state index is 1.15. The molecule has 0 atom stereocenters. The third-order valence-corrected chi connectivity index (χ3v) is 5.93. The molecule has 2 aromatic carbocycles. The zero-order valence-corrected chi connectivity index (χ0v) is 16.0. The first-order valence-electron chi connectivity index (χ1n) is 9.60. The first-order valence-corrected chi connectivity index (χ1v) is 9.60. The standard InChI is InChI=1S/C25H28/c1-16-12-22-18(3)8-10-20(24(22)14-16)6-5-7-21-11-9-19(4)23-13-17(2)15-25(21)23/h8-13H,5-7,14-15H2,1-4H3. The summed E-state index contributed by atoms with van der Waals surface area (Å²) in [5, 5.41) is 0. The molecule has 0 saturated heterocycles. The predicted molar refractivity (Wildman–Crippen MR) is 109 cm³/mol. The van der Waals surface area contributed by atoms with E-state index in [0.717, 1.165) is 12.8 Å². The monoisotopic (exact) mass is 328 g/mol. The van der Waals surface area contributed by atoms with Crippen molar-refractivity contribution in [1.82, 2.24) is 0 Å². The molecule has 0 amide bonds. The molecular formula is C25H28. The van der Waals surface area contributed by atoms with E-state index in [9.17, 15) is 0 Å². The molecule has 0 aliphatic heterocycles. The van der Waals surface area contributed by atoms with Crippen LogP contribution in [-0.2, 0) is 25.7 Å². The average Bonchev–Trinajstić information content (AvgIpc) is 3.15. The van der Waals surface area contributed by atoms with Crippen molar-refractivity contribution >= 4 is 12.2 Å². The largest absolute Gasteiger partial charge is 0.0683 e. The van der Waals surface area contributed by atoms with Gasteiger partial charge in [-0.1, -0.05) is 47.6 Å². The summed E-state index contributed by atoms with van der Waals surface area (Å²) >= 11 is 0. The Balaban J connectivity index is 1.49. The van der Waals surface area contributed by atoms with Gasteiger partial charge in [0.2, 0.25) is 0 Å². The molecule has 0 aromatic heterocycles. The molecule has 0 spiro atoms. The lowest BCUT2D eigenvalue weighted by Crippen LogP contribution is -2.00. The number of fused-ring (bicyclic) bond motifs is 2. The summed E-state index contributed by atoms with van der Waals surface area (Å²) < 4.78 is 0. The van der Waals surface area contributed by atoms with Crippen molar-refractivity contribution in [2.45, 2.75) is 59.8 Å².